The van der Waals surface area contributed by atoms with Crippen molar-refractivity contribution >= 4 is 52.5 Å². The van der Waals surface area contributed by atoms with Gasteiger partial charge < -0.3 is 19.9 Å². The van der Waals surface area contributed by atoms with Crippen LogP contribution in [0.1, 0.15) is 98.4 Å². The zero-order valence-electron chi connectivity index (χ0n) is 32.1. The van der Waals surface area contributed by atoms with E-state index in [2.05, 4.69) is 37.6 Å². The molecule has 4 aliphatic heterocycles. The van der Waals surface area contributed by atoms with Gasteiger partial charge in [-0.05, 0) is 99.9 Å². The maximum Gasteiger partial charge on any atom is 0.262 e. The van der Waals surface area contributed by atoms with Crippen LogP contribution in [0, 0.1) is 5.92 Å². The number of rotatable bonds is 10. The predicted octanol–water partition coefficient (Wildman–Crippen LogP) is 3.26. The van der Waals surface area contributed by atoms with Crippen molar-refractivity contribution in [3.8, 4) is 5.75 Å². The summed E-state index contributed by atoms with van der Waals surface area (Å²) >= 11 is 0. The summed E-state index contributed by atoms with van der Waals surface area (Å²) in [6, 6.07) is 10.5. The number of likely N-dealkylation sites (N-methyl/N-ethyl adjacent to an activating group) is 1. The smallest absolute Gasteiger partial charge is 0.262 e. The summed E-state index contributed by atoms with van der Waals surface area (Å²) in [7, 11) is 2.16. The van der Waals surface area contributed by atoms with Crippen LogP contribution in [0.5, 0.6) is 5.75 Å². The molecule has 4 aromatic rings. The van der Waals surface area contributed by atoms with Crippen molar-refractivity contribution in [3.63, 3.8) is 0 Å². The van der Waals surface area contributed by atoms with E-state index in [1.165, 1.54) is 6.20 Å². The minimum atomic E-state index is -0.991. The first-order chi connectivity index (χ1) is 28.1. The number of carbonyl (C=O) groups excluding carboxylic acids is 6. The number of imide groups is 2. The molecule has 0 bridgehead atoms. The Bertz CT molecular complexity index is 2410. The number of fused-ring (bicyclic) bond motifs is 3. The number of amides is 6. The molecule has 16 heteroatoms. The van der Waals surface area contributed by atoms with Crippen LogP contribution < -0.4 is 20.3 Å². The highest BCUT2D eigenvalue weighted by Gasteiger charge is 2.46. The number of hydrogen-bond donors (Lipinski definition) is 2. The normalized spacial score (nSPS) is 23.4. The van der Waals surface area contributed by atoms with E-state index in [1.54, 1.807) is 41.2 Å². The number of carbonyl (C=O) groups is 6. The van der Waals surface area contributed by atoms with E-state index in [-0.39, 0.29) is 41.8 Å². The summed E-state index contributed by atoms with van der Waals surface area (Å²) < 4.78 is 7.77. The van der Waals surface area contributed by atoms with Crippen molar-refractivity contribution in [2.75, 3.05) is 37.0 Å². The zero-order chi connectivity index (χ0) is 39.8. The number of ether oxygens (including phenoxy) is 1. The lowest BCUT2D eigenvalue weighted by atomic mass is 9.88. The topological polar surface area (TPSA) is 179 Å². The zero-order valence-corrected chi connectivity index (χ0v) is 32.1. The third kappa shape index (κ3) is 6.26. The van der Waals surface area contributed by atoms with Crippen LogP contribution >= 0.6 is 0 Å². The molecule has 0 radical (unpaired) electrons. The second kappa shape index (κ2) is 14.0. The van der Waals surface area contributed by atoms with Crippen LogP contribution in [0.2, 0.25) is 0 Å². The molecule has 0 spiro atoms. The summed E-state index contributed by atoms with van der Waals surface area (Å²) in [4.78, 5) is 89.9. The molecule has 2 saturated carbocycles. The molecule has 4 fully saturated rings. The van der Waals surface area contributed by atoms with Crippen molar-refractivity contribution in [1.82, 2.24) is 34.6 Å². The van der Waals surface area contributed by atoms with Crippen LogP contribution in [0.15, 0.2) is 55.0 Å². The molecule has 298 valence electrons. The van der Waals surface area contributed by atoms with E-state index in [4.69, 9.17) is 4.74 Å². The molecule has 1 unspecified atom stereocenters. The maximum atomic E-state index is 13.9. The third-order valence-electron chi connectivity index (χ3n) is 12.9. The lowest BCUT2D eigenvalue weighted by Gasteiger charge is -2.49. The molecule has 1 atom stereocenters. The van der Waals surface area contributed by atoms with Gasteiger partial charge >= 0.3 is 0 Å². The van der Waals surface area contributed by atoms with Gasteiger partial charge in [-0.25, -0.2) is 9.50 Å². The van der Waals surface area contributed by atoms with Crippen LogP contribution in [-0.4, -0.2) is 116 Å². The molecule has 6 heterocycles. The Kier molecular flexibility index (Phi) is 8.76. The monoisotopic (exact) mass is 785 g/mol. The predicted molar refractivity (Wildman–Crippen MR) is 208 cm³/mol. The van der Waals surface area contributed by atoms with Crippen LogP contribution in [0.3, 0.4) is 0 Å². The van der Waals surface area contributed by atoms with Gasteiger partial charge in [-0.3, -0.25) is 43.9 Å². The molecule has 2 aliphatic carbocycles. The van der Waals surface area contributed by atoms with Gasteiger partial charge in [0.1, 0.15) is 17.4 Å². The first kappa shape index (κ1) is 36.2. The highest BCUT2D eigenvalue weighted by molar-refractivity contribution is 6.23. The lowest BCUT2D eigenvalue weighted by molar-refractivity contribution is -0.136. The molecule has 2 saturated heterocycles. The van der Waals surface area contributed by atoms with E-state index in [9.17, 15) is 28.8 Å². The van der Waals surface area contributed by atoms with E-state index in [1.807, 2.05) is 17.0 Å². The van der Waals surface area contributed by atoms with Gasteiger partial charge in [0.2, 0.25) is 11.8 Å². The van der Waals surface area contributed by atoms with Crippen LogP contribution in [-0.2, 0) is 16.1 Å². The second-order valence-electron chi connectivity index (χ2n) is 16.5. The summed E-state index contributed by atoms with van der Waals surface area (Å²) in [5, 5.41) is 9.51. The fourth-order valence-electron chi connectivity index (χ4n) is 9.20. The fraction of sp³-hybridized carbons (Fsp3) is 0.429. The average molecular weight is 786 g/mol. The van der Waals surface area contributed by atoms with Crippen LogP contribution in [0.25, 0.3) is 5.65 Å². The highest BCUT2D eigenvalue weighted by atomic mass is 16.5. The van der Waals surface area contributed by atoms with Crippen molar-refractivity contribution in [2.45, 2.75) is 82.1 Å². The fourth-order valence-corrected chi connectivity index (χ4v) is 9.20. The van der Waals surface area contributed by atoms with E-state index in [0.29, 0.717) is 59.4 Å². The molecular weight excluding hydrogens is 743 g/mol. The number of nitrogens with one attached hydrogen (secondary N) is 2. The Morgan fingerprint density at radius 1 is 0.914 bits per heavy atom. The van der Waals surface area contributed by atoms with Gasteiger partial charge in [0.25, 0.3) is 23.6 Å². The summed E-state index contributed by atoms with van der Waals surface area (Å²) in [5.41, 5.74) is 4.23. The molecule has 6 amide bonds. The Morgan fingerprint density at radius 2 is 1.71 bits per heavy atom. The highest BCUT2D eigenvalue weighted by Crippen LogP contribution is 2.40. The Labute approximate surface area is 333 Å². The largest absolute Gasteiger partial charge is 0.491 e. The molecule has 6 aliphatic rings. The molecule has 2 N–H and O–H groups in total. The number of nitrogens with zero attached hydrogens (tertiary/aromatic N) is 7. The standard InChI is InChI=1S/C42H43N9O7/c1-47(28-20-48(21-28)27-9-10-29-31(16-27)42(57)51(41(29)56)34-11-12-36(52)46-39(34)54)25-5-7-26(8-6-25)49-19-24-15-33(35(17-30(24)40(49)55)58-22-23-3-4-23)45-38(53)32-18-44-50-14-2-13-43-37(32)50/h2,9-10,13-18,23,25-26,28,34H,3-8,11-12,19-22H2,1H3,(H,45,53)(H,46,52,54). The van der Waals surface area contributed by atoms with E-state index < -0.39 is 29.7 Å². The summed E-state index contributed by atoms with van der Waals surface area (Å²) in [6.07, 6.45) is 10.9. The van der Waals surface area contributed by atoms with Crippen molar-refractivity contribution in [1.29, 1.82) is 0 Å². The first-order valence-corrected chi connectivity index (χ1v) is 20.1. The lowest BCUT2D eigenvalue weighted by Crippen LogP contribution is -2.61. The minimum Gasteiger partial charge on any atom is -0.491 e. The number of hydrogen-bond acceptors (Lipinski definition) is 11. The van der Waals surface area contributed by atoms with Crippen molar-refractivity contribution in [3.05, 3.63) is 82.8 Å². The van der Waals surface area contributed by atoms with Gasteiger partial charge in [0.15, 0.2) is 5.65 Å². The molecule has 58 heavy (non-hydrogen) atoms. The molecular formula is C42H43N9O7. The number of aromatic nitrogens is 3. The first-order valence-electron chi connectivity index (χ1n) is 20.1. The quantitative estimate of drug-likeness (QED) is 0.226. The Balaban J connectivity index is 0.758. The average Bonchev–Trinajstić information content (AvgIpc) is 3.78. The van der Waals surface area contributed by atoms with Gasteiger partial charge in [0, 0.05) is 67.8 Å². The summed E-state index contributed by atoms with van der Waals surface area (Å²) in [5.74, 6) is -1.41. The van der Waals surface area contributed by atoms with Crippen molar-refractivity contribution in [2.24, 2.45) is 5.92 Å². The minimum absolute atomic E-state index is 0.00262. The SMILES string of the molecule is CN(C1CCC(N2Cc3cc(NC(=O)c4cnn5cccnc45)c(OCC4CC4)cc3C2=O)CC1)C1CN(c2ccc3c(c2)C(=O)N(C2CCC(=O)NC2=O)C3=O)C1. The summed E-state index contributed by atoms with van der Waals surface area (Å²) in [6.45, 7) is 2.55. The molecule has 16 nitrogen and oxygen atoms in total. The maximum absolute atomic E-state index is 13.9. The second-order valence-corrected chi connectivity index (χ2v) is 16.5. The van der Waals surface area contributed by atoms with Gasteiger partial charge in [0.05, 0.1) is 29.6 Å². The number of anilines is 2. The van der Waals surface area contributed by atoms with E-state index in [0.717, 1.165) is 67.8 Å². The van der Waals surface area contributed by atoms with Gasteiger partial charge in [-0.2, -0.15) is 5.10 Å². The van der Waals surface area contributed by atoms with E-state index >= 15 is 0 Å². The third-order valence-corrected chi connectivity index (χ3v) is 12.9. The Hall–Kier alpha value is -6.16. The molecule has 2 aromatic carbocycles. The van der Waals surface area contributed by atoms with Gasteiger partial charge in [-0.15, -0.1) is 0 Å². The van der Waals surface area contributed by atoms with Gasteiger partial charge in [-0.1, -0.05) is 0 Å². The van der Waals surface area contributed by atoms with Crippen LogP contribution in [0.4, 0.5) is 11.4 Å². The number of benzene rings is 2. The Morgan fingerprint density at radius 3 is 2.48 bits per heavy atom. The number of piperidine rings is 1. The molecule has 10 rings (SSSR count). The van der Waals surface area contributed by atoms with Crippen molar-refractivity contribution < 1.29 is 33.5 Å². The molecule has 2 aromatic heterocycles.